The maximum Gasteiger partial charge on any atom is 0.239 e. The molecule has 0 radical (unpaired) electrons. The Morgan fingerprint density at radius 3 is 2.64 bits per heavy atom. The van der Waals surface area contributed by atoms with Crippen molar-refractivity contribution in [3.05, 3.63) is 36.3 Å². The van der Waals surface area contributed by atoms with Crippen molar-refractivity contribution in [2.24, 2.45) is 0 Å². The van der Waals surface area contributed by atoms with Gasteiger partial charge in [-0.1, -0.05) is 13.0 Å². The molecule has 8 heteroatoms. The van der Waals surface area contributed by atoms with Crippen molar-refractivity contribution in [2.75, 3.05) is 52.9 Å². The Kier molecular flexibility index (Phi) is 7.00. The Labute approximate surface area is 166 Å². The summed E-state index contributed by atoms with van der Waals surface area (Å²) in [5.41, 5.74) is 2.03. The summed E-state index contributed by atoms with van der Waals surface area (Å²) in [5.74, 6) is -0.115. The SMILES string of the molecule is CCCNC(=O)CN(C)C(=O)CN1CCN(Cc2cn3ccccc3n2)CC1. The predicted octanol–water partition coefficient (Wildman–Crippen LogP) is 0.437. The van der Waals surface area contributed by atoms with Gasteiger partial charge in [-0.2, -0.15) is 0 Å². The van der Waals surface area contributed by atoms with E-state index in [2.05, 4.69) is 26.3 Å². The second-order valence-electron chi connectivity index (χ2n) is 7.35. The summed E-state index contributed by atoms with van der Waals surface area (Å²) in [5, 5.41) is 2.80. The fourth-order valence-electron chi connectivity index (χ4n) is 3.33. The summed E-state index contributed by atoms with van der Waals surface area (Å²) >= 11 is 0. The molecule has 1 saturated heterocycles. The molecule has 0 saturated carbocycles. The molecular formula is C20H30N6O2. The normalized spacial score (nSPS) is 15.6. The van der Waals surface area contributed by atoms with E-state index < -0.39 is 0 Å². The molecule has 0 aliphatic carbocycles. The van der Waals surface area contributed by atoms with Gasteiger partial charge in [0, 0.05) is 58.7 Å². The molecule has 2 aromatic heterocycles. The van der Waals surface area contributed by atoms with E-state index in [0.717, 1.165) is 50.5 Å². The number of nitrogens with one attached hydrogen (secondary N) is 1. The van der Waals surface area contributed by atoms with Crippen LogP contribution >= 0.6 is 0 Å². The van der Waals surface area contributed by atoms with Gasteiger partial charge in [-0.25, -0.2) is 4.98 Å². The third kappa shape index (κ3) is 5.53. The first-order valence-corrected chi connectivity index (χ1v) is 9.93. The minimum Gasteiger partial charge on any atom is -0.355 e. The zero-order chi connectivity index (χ0) is 19.9. The largest absolute Gasteiger partial charge is 0.355 e. The molecule has 0 atom stereocenters. The van der Waals surface area contributed by atoms with E-state index in [-0.39, 0.29) is 18.4 Å². The molecule has 0 bridgehead atoms. The van der Waals surface area contributed by atoms with Gasteiger partial charge in [-0.3, -0.25) is 19.4 Å². The number of pyridine rings is 1. The number of fused-ring (bicyclic) bond motifs is 1. The van der Waals surface area contributed by atoms with Crippen LogP contribution in [0.5, 0.6) is 0 Å². The van der Waals surface area contributed by atoms with Gasteiger partial charge >= 0.3 is 0 Å². The molecule has 2 amide bonds. The van der Waals surface area contributed by atoms with Crippen LogP contribution in [0.4, 0.5) is 0 Å². The van der Waals surface area contributed by atoms with Crippen molar-refractivity contribution in [3.8, 4) is 0 Å². The van der Waals surface area contributed by atoms with Crippen LogP contribution in [0.2, 0.25) is 0 Å². The number of carbonyl (C=O) groups excluding carboxylic acids is 2. The Bertz CT molecular complexity index is 764. The molecule has 1 N–H and O–H groups in total. The molecule has 152 valence electrons. The van der Waals surface area contributed by atoms with Crippen molar-refractivity contribution < 1.29 is 9.59 Å². The predicted molar refractivity (Wildman–Crippen MR) is 108 cm³/mol. The van der Waals surface area contributed by atoms with E-state index in [1.807, 2.05) is 35.7 Å². The van der Waals surface area contributed by atoms with Gasteiger partial charge in [0.2, 0.25) is 11.8 Å². The molecule has 1 aliphatic rings. The summed E-state index contributed by atoms with van der Waals surface area (Å²) in [6.45, 7) is 7.44. The Morgan fingerprint density at radius 2 is 1.93 bits per heavy atom. The third-order valence-corrected chi connectivity index (χ3v) is 5.00. The lowest BCUT2D eigenvalue weighted by atomic mass is 10.3. The van der Waals surface area contributed by atoms with Crippen molar-refractivity contribution in [3.63, 3.8) is 0 Å². The minimum atomic E-state index is -0.102. The number of likely N-dealkylation sites (N-methyl/N-ethyl adjacent to an activating group) is 1. The van der Waals surface area contributed by atoms with E-state index in [1.165, 1.54) is 4.90 Å². The smallest absolute Gasteiger partial charge is 0.239 e. The van der Waals surface area contributed by atoms with E-state index in [9.17, 15) is 9.59 Å². The second kappa shape index (κ2) is 9.66. The zero-order valence-corrected chi connectivity index (χ0v) is 16.8. The standard InChI is InChI=1S/C20H30N6O2/c1-3-7-21-19(27)15-23(2)20(28)16-25-11-9-24(10-12-25)13-17-14-26-8-5-4-6-18(26)22-17/h4-6,8,14H,3,7,9-13,15-16H2,1-2H3,(H,21,27). The summed E-state index contributed by atoms with van der Waals surface area (Å²) < 4.78 is 2.04. The number of piperazine rings is 1. The van der Waals surface area contributed by atoms with Crippen LogP contribution < -0.4 is 5.32 Å². The lowest BCUT2D eigenvalue weighted by Crippen LogP contribution is -2.50. The molecular weight excluding hydrogens is 356 g/mol. The highest BCUT2D eigenvalue weighted by molar-refractivity contribution is 5.85. The highest BCUT2D eigenvalue weighted by atomic mass is 16.2. The molecule has 0 unspecified atom stereocenters. The fraction of sp³-hybridized carbons (Fsp3) is 0.550. The highest BCUT2D eigenvalue weighted by Gasteiger charge is 2.21. The van der Waals surface area contributed by atoms with Crippen LogP contribution in [0.3, 0.4) is 0 Å². The van der Waals surface area contributed by atoms with Gasteiger partial charge in [0.15, 0.2) is 0 Å². The summed E-state index contributed by atoms with van der Waals surface area (Å²) in [7, 11) is 1.69. The van der Waals surface area contributed by atoms with Crippen LogP contribution in [0.25, 0.3) is 5.65 Å². The number of imidazole rings is 1. The Balaban J connectivity index is 1.41. The highest BCUT2D eigenvalue weighted by Crippen LogP contribution is 2.10. The van der Waals surface area contributed by atoms with Gasteiger partial charge in [-0.05, 0) is 18.6 Å². The first-order chi connectivity index (χ1) is 13.5. The minimum absolute atomic E-state index is 0.0135. The molecule has 3 rings (SSSR count). The number of hydrogen-bond acceptors (Lipinski definition) is 5. The average Bonchev–Trinajstić information content (AvgIpc) is 3.10. The van der Waals surface area contributed by atoms with Gasteiger partial charge in [0.05, 0.1) is 18.8 Å². The van der Waals surface area contributed by atoms with Crippen molar-refractivity contribution in [2.45, 2.75) is 19.9 Å². The fourth-order valence-corrected chi connectivity index (χ4v) is 3.33. The van der Waals surface area contributed by atoms with Gasteiger partial charge in [0.25, 0.3) is 0 Å². The van der Waals surface area contributed by atoms with Crippen molar-refractivity contribution >= 4 is 17.5 Å². The van der Waals surface area contributed by atoms with Gasteiger partial charge < -0.3 is 14.6 Å². The van der Waals surface area contributed by atoms with Crippen molar-refractivity contribution in [1.29, 1.82) is 0 Å². The topological polar surface area (TPSA) is 73.2 Å². The van der Waals surface area contributed by atoms with E-state index >= 15 is 0 Å². The number of amides is 2. The lowest BCUT2D eigenvalue weighted by molar-refractivity contribution is -0.136. The summed E-state index contributed by atoms with van der Waals surface area (Å²) in [4.78, 5) is 34.8. The summed E-state index contributed by atoms with van der Waals surface area (Å²) in [6, 6.07) is 6.00. The Morgan fingerprint density at radius 1 is 1.18 bits per heavy atom. The van der Waals surface area contributed by atoms with Crippen LogP contribution in [-0.4, -0.2) is 88.8 Å². The number of aromatic nitrogens is 2. The lowest BCUT2D eigenvalue weighted by Gasteiger charge is -2.34. The quantitative estimate of drug-likeness (QED) is 0.713. The number of carbonyl (C=O) groups is 2. The molecule has 3 heterocycles. The molecule has 0 aromatic carbocycles. The maximum absolute atomic E-state index is 12.4. The van der Waals surface area contributed by atoms with E-state index in [4.69, 9.17) is 0 Å². The number of hydrogen-bond donors (Lipinski definition) is 1. The van der Waals surface area contributed by atoms with Gasteiger partial charge in [0.1, 0.15) is 5.65 Å². The zero-order valence-electron chi connectivity index (χ0n) is 16.8. The first-order valence-electron chi connectivity index (χ1n) is 9.93. The average molecular weight is 387 g/mol. The van der Waals surface area contributed by atoms with Crippen LogP contribution in [-0.2, 0) is 16.1 Å². The van der Waals surface area contributed by atoms with Crippen molar-refractivity contribution in [1.82, 2.24) is 29.4 Å². The molecule has 28 heavy (non-hydrogen) atoms. The third-order valence-electron chi connectivity index (χ3n) is 5.00. The molecule has 2 aromatic rings. The van der Waals surface area contributed by atoms with E-state index in [1.54, 1.807) is 7.05 Å². The first kappa shape index (κ1) is 20.3. The van der Waals surface area contributed by atoms with Crippen LogP contribution in [0.15, 0.2) is 30.6 Å². The second-order valence-corrected chi connectivity index (χ2v) is 7.35. The summed E-state index contributed by atoms with van der Waals surface area (Å²) in [6.07, 6.45) is 4.97. The molecule has 8 nitrogen and oxygen atoms in total. The molecule has 1 fully saturated rings. The Hall–Kier alpha value is -2.45. The van der Waals surface area contributed by atoms with E-state index in [0.29, 0.717) is 13.1 Å². The molecule has 1 aliphatic heterocycles. The number of nitrogens with zero attached hydrogens (tertiary/aromatic N) is 5. The molecule has 0 spiro atoms. The monoisotopic (exact) mass is 386 g/mol. The van der Waals surface area contributed by atoms with Crippen LogP contribution in [0.1, 0.15) is 19.0 Å². The number of rotatable bonds is 8. The van der Waals surface area contributed by atoms with Gasteiger partial charge in [-0.15, -0.1) is 0 Å². The van der Waals surface area contributed by atoms with Crippen LogP contribution in [0, 0.1) is 0 Å². The maximum atomic E-state index is 12.4.